The van der Waals surface area contributed by atoms with Crippen molar-refractivity contribution in [3.63, 3.8) is 0 Å². The van der Waals surface area contributed by atoms with Gasteiger partial charge in [-0.25, -0.2) is 4.98 Å². The number of hydrogen-bond acceptors (Lipinski definition) is 5. The predicted octanol–water partition coefficient (Wildman–Crippen LogP) is 2.72. The van der Waals surface area contributed by atoms with Crippen molar-refractivity contribution in [2.24, 2.45) is 0 Å². The molecule has 9 heteroatoms. The molecule has 2 aromatic heterocycles. The Labute approximate surface area is 164 Å². The van der Waals surface area contributed by atoms with Crippen LogP contribution in [0.1, 0.15) is 30.3 Å². The Morgan fingerprint density at radius 1 is 1.31 bits per heavy atom. The minimum Gasteiger partial charge on any atom is -0.497 e. The molecule has 3 heterocycles. The van der Waals surface area contributed by atoms with Crippen LogP contribution in [0.15, 0.2) is 24.4 Å². The number of nitrogens with one attached hydrogen (secondary N) is 2. The van der Waals surface area contributed by atoms with Crippen molar-refractivity contribution in [3.05, 3.63) is 35.9 Å². The molecule has 0 radical (unpaired) electrons. The number of imidazole rings is 1. The number of aromatic nitrogens is 5. The molecule has 3 aromatic rings. The number of ether oxygens (including phenoxy) is 1. The quantitative estimate of drug-likeness (QED) is 0.690. The van der Waals surface area contributed by atoms with Crippen molar-refractivity contribution in [3.8, 4) is 5.75 Å². The van der Waals surface area contributed by atoms with Gasteiger partial charge < -0.3 is 15.0 Å². The summed E-state index contributed by atoms with van der Waals surface area (Å²) in [6.45, 7) is 2.88. The van der Waals surface area contributed by atoms with Gasteiger partial charge in [0.05, 0.1) is 23.8 Å². The van der Waals surface area contributed by atoms with Gasteiger partial charge in [-0.15, -0.1) is 29.9 Å². The molecule has 1 aromatic carbocycles. The summed E-state index contributed by atoms with van der Waals surface area (Å²) in [5.41, 5.74) is 3.05. The number of H-pyrrole nitrogens is 1. The number of methoxy groups -OCH3 is 1. The normalized spacial score (nSPS) is 16.7. The lowest BCUT2D eigenvalue weighted by molar-refractivity contribution is 0.415. The molecule has 1 fully saturated rings. The first kappa shape index (κ1) is 20.5. The Hall–Kier alpha value is -1.83. The molecule has 1 aliphatic heterocycles. The maximum atomic E-state index is 5.25. The fraction of sp³-hybridized carbons (Fsp3) is 0.471. The second-order valence-corrected chi connectivity index (χ2v) is 6.27. The van der Waals surface area contributed by atoms with E-state index in [2.05, 4.69) is 31.8 Å². The van der Waals surface area contributed by atoms with E-state index >= 15 is 0 Å². The molecule has 0 spiro atoms. The lowest BCUT2D eigenvalue weighted by Gasteiger charge is -2.20. The standard InChI is InChI=1S/C17H22N6O.2ClH/c1-24-13-4-5-14-15(9-13)20-17(19-14)6-8-23-11-16(21-22-23)12-3-2-7-18-10-12;;/h4-5,9,11-12,18H,2-3,6-8,10H2,1H3,(H,19,20);2*1H. The third kappa shape index (κ3) is 4.47. The highest BCUT2D eigenvalue weighted by molar-refractivity contribution is 5.85. The number of aryl methyl sites for hydroxylation is 2. The molecule has 2 N–H and O–H groups in total. The van der Waals surface area contributed by atoms with Crippen molar-refractivity contribution in [1.82, 2.24) is 30.3 Å². The molecule has 1 saturated heterocycles. The van der Waals surface area contributed by atoms with Crippen LogP contribution in [0.3, 0.4) is 0 Å². The molecule has 1 aliphatic rings. The molecule has 26 heavy (non-hydrogen) atoms. The summed E-state index contributed by atoms with van der Waals surface area (Å²) in [7, 11) is 1.67. The number of halogens is 2. The lowest BCUT2D eigenvalue weighted by Crippen LogP contribution is -2.28. The van der Waals surface area contributed by atoms with Gasteiger partial charge in [0.2, 0.25) is 0 Å². The van der Waals surface area contributed by atoms with Gasteiger partial charge in [-0.05, 0) is 31.5 Å². The number of aromatic amines is 1. The summed E-state index contributed by atoms with van der Waals surface area (Å²) in [5, 5.41) is 12.0. The minimum absolute atomic E-state index is 0. The van der Waals surface area contributed by atoms with Crippen LogP contribution in [-0.2, 0) is 13.0 Å². The Morgan fingerprint density at radius 3 is 2.96 bits per heavy atom. The smallest absolute Gasteiger partial charge is 0.121 e. The second kappa shape index (κ2) is 9.21. The van der Waals surface area contributed by atoms with E-state index in [0.717, 1.165) is 54.4 Å². The fourth-order valence-electron chi connectivity index (χ4n) is 3.22. The average molecular weight is 399 g/mol. The van der Waals surface area contributed by atoms with Crippen LogP contribution in [-0.4, -0.2) is 45.2 Å². The molecule has 1 atom stereocenters. The number of nitrogens with zero attached hydrogens (tertiary/aromatic N) is 4. The highest BCUT2D eigenvalue weighted by Crippen LogP contribution is 2.21. The van der Waals surface area contributed by atoms with Crippen molar-refractivity contribution < 1.29 is 4.74 Å². The van der Waals surface area contributed by atoms with Crippen LogP contribution >= 0.6 is 24.8 Å². The van der Waals surface area contributed by atoms with Gasteiger partial charge in [-0.3, -0.25) is 4.68 Å². The maximum absolute atomic E-state index is 5.25. The van der Waals surface area contributed by atoms with Crippen molar-refractivity contribution in [1.29, 1.82) is 0 Å². The van der Waals surface area contributed by atoms with Gasteiger partial charge in [0.15, 0.2) is 0 Å². The summed E-state index contributed by atoms with van der Waals surface area (Å²) in [4.78, 5) is 7.97. The molecule has 0 saturated carbocycles. The van der Waals surface area contributed by atoms with Crippen LogP contribution in [0.2, 0.25) is 0 Å². The highest BCUT2D eigenvalue weighted by atomic mass is 35.5. The van der Waals surface area contributed by atoms with Gasteiger partial charge in [-0.1, -0.05) is 5.21 Å². The Morgan fingerprint density at radius 2 is 2.19 bits per heavy atom. The monoisotopic (exact) mass is 398 g/mol. The molecular weight excluding hydrogens is 375 g/mol. The topological polar surface area (TPSA) is 80.7 Å². The van der Waals surface area contributed by atoms with Crippen molar-refractivity contribution >= 4 is 35.8 Å². The number of fused-ring (bicyclic) bond motifs is 1. The van der Waals surface area contributed by atoms with E-state index < -0.39 is 0 Å². The summed E-state index contributed by atoms with van der Waals surface area (Å²) in [6.07, 6.45) is 5.27. The first-order valence-corrected chi connectivity index (χ1v) is 8.45. The van der Waals surface area contributed by atoms with Gasteiger partial charge in [0.25, 0.3) is 0 Å². The summed E-state index contributed by atoms with van der Waals surface area (Å²) < 4.78 is 7.16. The van der Waals surface area contributed by atoms with Crippen LogP contribution < -0.4 is 10.1 Å². The Kier molecular flexibility index (Phi) is 7.25. The molecule has 142 valence electrons. The number of hydrogen-bond donors (Lipinski definition) is 2. The van der Waals surface area contributed by atoms with Crippen molar-refractivity contribution in [2.75, 3.05) is 20.2 Å². The number of rotatable bonds is 5. The van der Waals surface area contributed by atoms with Gasteiger partial charge in [0.1, 0.15) is 11.6 Å². The molecule has 0 bridgehead atoms. The third-order valence-electron chi connectivity index (χ3n) is 4.59. The zero-order chi connectivity index (χ0) is 16.4. The van der Waals surface area contributed by atoms with E-state index in [1.807, 2.05) is 22.9 Å². The van der Waals surface area contributed by atoms with E-state index in [1.165, 1.54) is 12.8 Å². The van der Waals surface area contributed by atoms with Crippen LogP contribution in [0.4, 0.5) is 0 Å². The third-order valence-corrected chi connectivity index (χ3v) is 4.59. The van der Waals surface area contributed by atoms with Crippen LogP contribution in [0, 0.1) is 0 Å². The first-order chi connectivity index (χ1) is 11.8. The average Bonchev–Trinajstić information content (AvgIpc) is 3.26. The van der Waals surface area contributed by atoms with Crippen LogP contribution in [0.5, 0.6) is 5.75 Å². The van der Waals surface area contributed by atoms with E-state index in [9.17, 15) is 0 Å². The molecule has 4 rings (SSSR count). The first-order valence-electron chi connectivity index (χ1n) is 8.45. The molecular formula is C17H24Cl2N6O. The van der Waals surface area contributed by atoms with E-state index in [4.69, 9.17) is 4.74 Å². The highest BCUT2D eigenvalue weighted by Gasteiger charge is 2.18. The van der Waals surface area contributed by atoms with E-state index in [0.29, 0.717) is 5.92 Å². The molecule has 7 nitrogen and oxygen atoms in total. The van der Waals surface area contributed by atoms with Gasteiger partial charge in [-0.2, -0.15) is 0 Å². The summed E-state index contributed by atoms with van der Waals surface area (Å²) in [5.74, 6) is 2.28. The Balaban J connectivity index is 0.00000121. The molecule has 0 aliphatic carbocycles. The predicted molar refractivity (Wildman–Crippen MR) is 106 cm³/mol. The molecule has 1 unspecified atom stereocenters. The minimum atomic E-state index is 0. The summed E-state index contributed by atoms with van der Waals surface area (Å²) >= 11 is 0. The maximum Gasteiger partial charge on any atom is 0.121 e. The van der Waals surface area contributed by atoms with Crippen molar-refractivity contribution in [2.45, 2.75) is 31.7 Å². The zero-order valence-electron chi connectivity index (χ0n) is 14.6. The zero-order valence-corrected chi connectivity index (χ0v) is 16.3. The van der Waals surface area contributed by atoms with E-state index in [-0.39, 0.29) is 24.8 Å². The summed E-state index contributed by atoms with van der Waals surface area (Å²) in [6, 6.07) is 5.86. The number of piperidine rings is 1. The fourth-order valence-corrected chi connectivity index (χ4v) is 3.22. The SMILES string of the molecule is COc1ccc2nc(CCn3cc(C4CCCNC4)nn3)[nH]c2c1.Cl.Cl. The largest absolute Gasteiger partial charge is 0.497 e. The van der Waals surface area contributed by atoms with E-state index in [1.54, 1.807) is 7.11 Å². The Bertz CT molecular complexity index is 828. The lowest BCUT2D eigenvalue weighted by atomic mass is 9.97. The van der Waals surface area contributed by atoms with Gasteiger partial charge in [0, 0.05) is 37.7 Å². The van der Waals surface area contributed by atoms with Gasteiger partial charge >= 0.3 is 0 Å². The second-order valence-electron chi connectivity index (χ2n) is 6.27. The van der Waals surface area contributed by atoms with Crippen LogP contribution in [0.25, 0.3) is 11.0 Å². The molecule has 0 amide bonds. The number of benzene rings is 1.